The van der Waals surface area contributed by atoms with Crippen molar-refractivity contribution >= 4 is 28.1 Å². The molecule has 0 aliphatic rings. The molecule has 17 heavy (non-hydrogen) atoms. The minimum atomic E-state index is 0.956. The second-order valence-electron chi connectivity index (χ2n) is 3.89. The van der Waals surface area contributed by atoms with E-state index in [0.29, 0.717) is 0 Å². The Morgan fingerprint density at radius 1 is 1.18 bits per heavy atom. The predicted molar refractivity (Wildman–Crippen MR) is 70.9 cm³/mol. The third kappa shape index (κ3) is 2.21. The maximum atomic E-state index is 4.49. The number of imidazole rings is 1. The van der Waals surface area contributed by atoms with Gasteiger partial charge in [0.25, 0.3) is 0 Å². The van der Waals surface area contributed by atoms with Gasteiger partial charge in [0.2, 0.25) is 4.96 Å². The average molecular weight is 261 g/mol. The number of aryl methyl sites for hydroxylation is 2. The van der Waals surface area contributed by atoms with Crippen LogP contribution in [0, 0.1) is 13.8 Å². The Morgan fingerprint density at radius 2 is 1.94 bits per heavy atom. The Kier molecular flexibility index (Phi) is 2.64. The Labute approximate surface area is 108 Å². The van der Waals surface area contributed by atoms with Crippen LogP contribution in [-0.4, -0.2) is 14.6 Å². The van der Waals surface area contributed by atoms with Gasteiger partial charge in [-0.2, -0.15) is 0 Å². The molecule has 3 aromatic rings. The van der Waals surface area contributed by atoms with Crippen LogP contribution in [0.3, 0.4) is 0 Å². The molecule has 0 aliphatic carbocycles. The van der Waals surface area contributed by atoms with E-state index in [0.717, 1.165) is 15.0 Å². The quantitative estimate of drug-likeness (QED) is 0.706. The smallest absolute Gasteiger partial charge is 0.213 e. The summed E-state index contributed by atoms with van der Waals surface area (Å²) in [6.45, 7) is 4.07. The van der Waals surface area contributed by atoms with Crippen LogP contribution < -0.4 is 0 Å². The van der Waals surface area contributed by atoms with Gasteiger partial charge in [0.05, 0.1) is 11.9 Å². The maximum Gasteiger partial charge on any atom is 0.213 e. The molecule has 2 heterocycles. The SMILES string of the molecule is Cc1ccc(Sc2nn3cc(C)nc3s2)cc1. The third-order valence-corrected chi connectivity index (χ3v) is 4.35. The molecular formula is C12H11N3S2. The van der Waals surface area contributed by atoms with E-state index in [9.17, 15) is 0 Å². The second kappa shape index (κ2) is 4.16. The van der Waals surface area contributed by atoms with E-state index < -0.39 is 0 Å². The van der Waals surface area contributed by atoms with Gasteiger partial charge in [-0.15, -0.1) is 5.10 Å². The minimum absolute atomic E-state index is 0.956. The van der Waals surface area contributed by atoms with Crippen LogP contribution >= 0.6 is 23.1 Å². The van der Waals surface area contributed by atoms with Crippen LogP contribution in [-0.2, 0) is 0 Å². The van der Waals surface area contributed by atoms with E-state index in [-0.39, 0.29) is 0 Å². The average Bonchev–Trinajstić information content (AvgIpc) is 2.78. The number of fused-ring (bicyclic) bond motifs is 1. The fourth-order valence-corrected chi connectivity index (χ4v) is 3.48. The first-order valence-electron chi connectivity index (χ1n) is 5.28. The van der Waals surface area contributed by atoms with Crippen LogP contribution in [0.1, 0.15) is 11.3 Å². The summed E-state index contributed by atoms with van der Waals surface area (Å²) in [5.74, 6) is 0. The summed E-state index contributed by atoms with van der Waals surface area (Å²) >= 11 is 3.30. The molecule has 0 aliphatic heterocycles. The van der Waals surface area contributed by atoms with Crippen molar-refractivity contribution in [3.8, 4) is 0 Å². The van der Waals surface area contributed by atoms with Gasteiger partial charge in [0, 0.05) is 4.90 Å². The lowest BCUT2D eigenvalue weighted by Gasteiger charge is -1.97. The molecule has 0 bridgehead atoms. The van der Waals surface area contributed by atoms with Crippen molar-refractivity contribution < 1.29 is 0 Å². The highest BCUT2D eigenvalue weighted by atomic mass is 32.2. The van der Waals surface area contributed by atoms with E-state index in [1.807, 2.05) is 17.6 Å². The molecular weight excluding hydrogens is 250 g/mol. The predicted octanol–water partition coefficient (Wildman–Crippen LogP) is 3.56. The summed E-state index contributed by atoms with van der Waals surface area (Å²) in [4.78, 5) is 6.56. The Morgan fingerprint density at radius 3 is 2.65 bits per heavy atom. The molecule has 0 N–H and O–H groups in total. The molecule has 0 saturated heterocycles. The second-order valence-corrected chi connectivity index (χ2v) is 6.17. The van der Waals surface area contributed by atoms with Crippen LogP contribution in [0.2, 0.25) is 0 Å². The minimum Gasteiger partial charge on any atom is -0.223 e. The zero-order valence-electron chi connectivity index (χ0n) is 9.54. The first kappa shape index (κ1) is 10.8. The summed E-state index contributed by atoms with van der Waals surface area (Å²) in [6.07, 6.45) is 1.95. The Balaban J connectivity index is 1.89. The molecule has 0 unspecified atom stereocenters. The summed E-state index contributed by atoms with van der Waals surface area (Å²) < 4.78 is 2.87. The van der Waals surface area contributed by atoms with Gasteiger partial charge in [0.15, 0.2) is 4.34 Å². The van der Waals surface area contributed by atoms with Crippen molar-refractivity contribution in [2.75, 3.05) is 0 Å². The van der Waals surface area contributed by atoms with Gasteiger partial charge < -0.3 is 0 Å². The van der Waals surface area contributed by atoms with Gasteiger partial charge in [-0.3, -0.25) is 0 Å². The third-order valence-electron chi connectivity index (χ3n) is 2.37. The summed E-state index contributed by atoms with van der Waals surface area (Å²) in [6, 6.07) is 8.47. The molecule has 5 heteroatoms. The van der Waals surface area contributed by atoms with Crippen LogP contribution in [0.25, 0.3) is 4.96 Å². The van der Waals surface area contributed by atoms with Crippen molar-refractivity contribution in [1.29, 1.82) is 0 Å². The molecule has 2 aromatic heterocycles. The van der Waals surface area contributed by atoms with Crippen molar-refractivity contribution in [3.63, 3.8) is 0 Å². The Hall–Kier alpha value is -1.33. The number of hydrogen-bond donors (Lipinski definition) is 0. The normalized spacial score (nSPS) is 11.2. The van der Waals surface area contributed by atoms with Gasteiger partial charge in [-0.25, -0.2) is 9.50 Å². The molecule has 0 radical (unpaired) electrons. The monoisotopic (exact) mass is 261 g/mol. The molecule has 86 valence electrons. The molecule has 0 fully saturated rings. The van der Waals surface area contributed by atoms with E-state index >= 15 is 0 Å². The van der Waals surface area contributed by atoms with E-state index in [1.165, 1.54) is 10.5 Å². The van der Waals surface area contributed by atoms with Gasteiger partial charge >= 0.3 is 0 Å². The number of nitrogens with zero attached hydrogens (tertiary/aromatic N) is 3. The zero-order valence-corrected chi connectivity index (χ0v) is 11.2. The lowest BCUT2D eigenvalue weighted by atomic mass is 10.2. The molecule has 1 aromatic carbocycles. The highest BCUT2D eigenvalue weighted by Crippen LogP contribution is 2.31. The number of benzene rings is 1. The molecule has 0 spiro atoms. The highest BCUT2D eigenvalue weighted by molar-refractivity contribution is 8.01. The van der Waals surface area contributed by atoms with E-state index in [1.54, 1.807) is 23.1 Å². The molecule has 3 rings (SSSR count). The Bertz CT molecular complexity index is 621. The van der Waals surface area contributed by atoms with Gasteiger partial charge in [-0.1, -0.05) is 40.8 Å². The van der Waals surface area contributed by atoms with E-state index in [2.05, 4.69) is 41.3 Å². The standard InChI is InChI=1S/C12H11N3S2/c1-8-3-5-10(6-4-8)16-12-14-15-7-9(2)13-11(15)17-12/h3-7H,1-2H3. The lowest BCUT2D eigenvalue weighted by molar-refractivity contribution is 0.913. The van der Waals surface area contributed by atoms with Gasteiger partial charge in [0.1, 0.15) is 0 Å². The summed E-state index contributed by atoms with van der Waals surface area (Å²) in [5, 5.41) is 4.49. The number of aromatic nitrogens is 3. The highest BCUT2D eigenvalue weighted by Gasteiger charge is 2.07. The summed E-state index contributed by atoms with van der Waals surface area (Å²) in [7, 11) is 0. The maximum absolute atomic E-state index is 4.49. The van der Waals surface area contributed by atoms with Crippen molar-refractivity contribution in [2.24, 2.45) is 0 Å². The van der Waals surface area contributed by atoms with Crippen molar-refractivity contribution in [3.05, 3.63) is 41.7 Å². The topological polar surface area (TPSA) is 30.2 Å². The molecule has 0 amide bonds. The first-order valence-corrected chi connectivity index (χ1v) is 6.91. The fraction of sp³-hybridized carbons (Fsp3) is 0.167. The molecule has 0 atom stereocenters. The number of rotatable bonds is 2. The lowest BCUT2D eigenvalue weighted by Crippen LogP contribution is -1.80. The molecule has 3 nitrogen and oxygen atoms in total. The first-order chi connectivity index (χ1) is 8.20. The van der Waals surface area contributed by atoms with Crippen LogP contribution in [0.15, 0.2) is 39.7 Å². The summed E-state index contributed by atoms with van der Waals surface area (Å²) in [5.41, 5.74) is 2.29. The van der Waals surface area contributed by atoms with Crippen LogP contribution in [0.5, 0.6) is 0 Å². The van der Waals surface area contributed by atoms with Crippen LogP contribution in [0.4, 0.5) is 0 Å². The number of hydrogen-bond acceptors (Lipinski definition) is 4. The zero-order chi connectivity index (χ0) is 11.8. The molecule has 0 saturated carbocycles. The van der Waals surface area contributed by atoms with Crippen molar-refractivity contribution in [1.82, 2.24) is 14.6 Å². The van der Waals surface area contributed by atoms with Gasteiger partial charge in [-0.05, 0) is 26.0 Å². The fourth-order valence-electron chi connectivity index (χ4n) is 1.54. The van der Waals surface area contributed by atoms with Crippen molar-refractivity contribution in [2.45, 2.75) is 23.1 Å². The van der Waals surface area contributed by atoms with E-state index in [4.69, 9.17) is 0 Å². The largest absolute Gasteiger partial charge is 0.223 e.